The van der Waals surface area contributed by atoms with Gasteiger partial charge in [0.1, 0.15) is 5.82 Å². The second kappa shape index (κ2) is 4.40. The largest absolute Gasteiger partial charge is 0.481 e. The highest BCUT2D eigenvalue weighted by atomic mass is 19.1. The smallest absolute Gasteiger partial charge is 0.321 e. The molecule has 0 saturated carbocycles. The van der Waals surface area contributed by atoms with Crippen molar-refractivity contribution in [2.45, 2.75) is 0 Å². The summed E-state index contributed by atoms with van der Waals surface area (Å²) in [5.41, 5.74) is 0.482. The van der Waals surface area contributed by atoms with Gasteiger partial charge in [0.25, 0.3) is 0 Å². The number of aliphatic carboxylic acids is 1. The van der Waals surface area contributed by atoms with Gasteiger partial charge in [0.2, 0.25) is 0 Å². The average Bonchev–Trinajstić information content (AvgIpc) is 2.18. The molecule has 2 amide bonds. The number of nitrogens with one attached hydrogen (secondary N) is 1. The predicted molar refractivity (Wildman–Crippen MR) is 58.1 cm³/mol. The normalized spacial score (nSPS) is 15.2. The molecule has 6 heteroatoms. The average molecular weight is 238 g/mol. The maximum atomic E-state index is 12.6. The van der Waals surface area contributed by atoms with E-state index in [0.717, 1.165) is 0 Å². The molecule has 0 aromatic heterocycles. The molecular formula is C11H11FN2O3. The highest BCUT2D eigenvalue weighted by Gasteiger charge is 2.35. The Morgan fingerprint density at radius 2 is 1.88 bits per heavy atom. The number of carbonyl (C=O) groups is 2. The highest BCUT2D eigenvalue weighted by molar-refractivity contribution is 5.91. The summed E-state index contributed by atoms with van der Waals surface area (Å²) in [5.74, 6) is -1.75. The summed E-state index contributed by atoms with van der Waals surface area (Å²) in [5, 5.41) is 11.2. The minimum atomic E-state index is -0.893. The number of carboxylic acids is 1. The first-order chi connectivity index (χ1) is 8.06. The van der Waals surface area contributed by atoms with Gasteiger partial charge in [0.15, 0.2) is 0 Å². The Hall–Kier alpha value is -2.11. The fraction of sp³-hybridized carbons (Fsp3) is 0.273. The van der Waals surface area contributed by atoms with E-state index in [0.29, 0.717) is 5.69 Å². The van der Waals surface area contributed by atoms with Crippen LogP contribution in [0, 0.1) is 11.7 Å². The van der Waals surface area contributed by atoms with Gasteiger partial charge < -0.3 is 15.3 Å². The molecule has 1 aliphatic rings. The first-order valence-corrected chi connectivity index (χ1v) is 5.10. The van der Waals surface area contributed by atoms with Crippen LogP contribution in [-0.2, 0) is 4.79 Å². The van der Waals surface area contributed by atoms with Crippen LogP contribution in [0.2, 0.25) is 0 Å². The van der Waals surface area contributed by atoms with Crippen LogP contribution in [0.15, 0.2) is 24.3 Å². The summed E-state index contributed by atoms with van der Waals surface area (Å²) in [6.45, 7) is 0.421. The third-order valence-corrected chi connectivity index (χ3v) is 2.61. The molecule has 0 aliphatic carbocycles. The predicted octanol–water partition coefficient (Wildman–Crippen LogP) is 1.37. The molecule has 90 valence electrons. The van der Waals surface area contributed by atoms with E-state index in [1.807, 2.05) is 0 Å². The van der Waals surface area contributed by atoms with E-state index in [-0.39, 0.29) is 24.9 Å². The van der Waals surface area contributed by atoms with Gasteiger partial charge in [-0.3, -0.25) is 4.79 Å². The summed E-state index contributed by atoms with van der Waals surface area (Å²) in [4.78, 5) is 23.5. The first kappa shape index (κ1) is 11.4. The van der Waals surface area contributed by atoms with Crippen molar-refractivity contribution in [3.05, 3.63) is 30.1 Å². The van der Waals surface area contributed by atoms with Crippen LogP contribution in [0.3, 0.4) is 0 Å². The number of nitrogens with zero attached hydrogens (tertiary/aromatic N) is 1. The molecule has 0 spiro atoms. The number of benzene rings is 1. The third-order valence-electron chi connectivity index (χ3n) is 2.61. The van der Waals surface area contributed by atoms with Crippen molar-refractivity contribution in [1.82, 2.24) is 4.90 Å². The van der Waals surface area contributed by atoms with Crippen LogP contribution in [-0.4, -0.2) is 35.1 Å². The summed E-state index contributed by atoms with van der Waals surface area (Å²) in [6, 6.07) is 5.01. The number of hydrogen-bond acceptors (Lipinski definition) is 2. The van der Waals surface area contributed by atoms with Crippen molar-refractivity contribution in [3.8, 4) is 0 Å². The third kappa shape index (κ3) is 2.52. The Labute approximate surface area is 96.8 Å². The van der Waals surface area contributed by atoms with Crippen molar-refractivity contribution >= 4 is 17.7 Å². The summed E-state index contributed by atoms with van der Waals surface area (Å²) >= 11 is 0. The van der Waals surface area contributed by atoms with E-state index in [2.05, 4.69) is 5.32 Å². The van der Waals surface area contributed by atoms with E-state index >= 15 is 0 Å². The van der Waals surface area contributed by atoms with Gasteiger partial charge in [-0.05, 0) is 24.3 Å². The minimum absolute atomic E-state index is 0.211. The van der Waals surface area contributed by atoms with Gasteiger partial charge in [-0.15, -0.1) is 0 Å². The van der Waals surface area contributed by atoms with Gasteiger partial charge in [0, 0.05) is 18.8 Å². The van der Waals surface area contributed by atoms with Crippen molar-refractivity contribution in [3.63, 3.8) is 0 Å². The van der Waals surface area contributed by atoms with Gasteiger partial charge >= 0.3 is 12.0 Å². The maximum Gasteiger partial charge on any atom is 0.321 e. The zero-order valence-corrected chi connectivity index (χ0v) is 8.89. The zero-order chi connectivity index (χ0) is 12.4. The number of urea groups is 1. The lowest BCUT2D eigenvalue weighted by Gasteiger charge is -2.36. The lowest BCUT2D eigenvalue weighted by Crippen LogP contribution is -2.54. The fourth-order valence-corrected chi connectivity index (χ4v) is 1.54. The minimum Gasteiger partial charge on any atom is -0.481 e. The number of rotatable bonds is 2. The van der Waals surface area contributed by atoms with E-state index in [1.54, 1.807) is 0 Å². The second-order valence-corrected chi connectivity index (χ2v) is 3.88. The monoisotopic (exact) mass is 238 g/mol. The van der Waals surface area contributed by atoms with Gasteiger partial charge in [0.05, 0.1) is 5.92 Å². The molecule has 1 saturated heterocycles. The van der Waals surface area contributed by atoms with E-state index < -0.39 is 11.9 Å². The molecule has 1 aromatic carbocycles. The molecule has 0 atom stereocenters. The Morgan fingerprint density at radius 1 is 1.29 bits per heavy atom. The standard InChI is InChI=1S/C11H11FN2O3/c12-8-1-3-9(4-2-8)13-11(17)14-5-7(6-14)10(15)16/h1-4,7H,5-6H2,(H,13,17)(H,15,16). The lowest BCUT2D eigenvalue weighted by atomic mass is 10.0. The van der Waals surface area contributed by atoms with Crippen LogP contribution >= 0.6 is 0 Å². The summed E-state index contributed by atoms with van der Waals surface area (Å²) in [7, 11) is 0. The van der Waals surface area contributed by atoms with Gasteiger partial charge in [-0.1, -0.05) is 0 Å². The van der Waals surface area contributed by atoms with Crippen molar-refractivity contribution in [2.75, 3.05) is 18.4 Å². The Balaban J connectivity index is 1.87. The molecule has 1 aromatic rings. The van der Waals surface area contributed by atoms with Crippen LogP contribution in [0.4, 0.5) is 14.9 Å². The van der Waals surface area contributed by atoms with Gasteiger partial charge in [-0.25, -0.2) is 9.18 Å². The Bertz CT molecular complexity index is 441. The van der Waals surface area contributed by atoms with Crippen molar-refractivity contribution in [1.29, 1.82) is 0 Å². The first-order valence-electron chi connectivity index (χ1n) is 5.10. The number of anilines is 1. The molecule has 5 nitrogen and oxygen atoms in total. The molecule has 17 heavy (non-hydrogen) atoms. The molecule has 2 rings (SSSR count). The molecule has 2 N–H and O–H groups in total. The van der Waals surface area contributed by atoms with Crippen LogP contribution in [0.1, 0.15) is 0 Å². The SMILES string of the molecule is O=C(O)C1CN(C(=O)Nc2ccc(F)cc2)C1. The van der Waals surface area contributed by atoms with E-state index in [4.69, 9.17) is 5.11 Å². The summed E-state index contributed by atoms with van der Waals surface area (Å²) in [6.07, 6.45) is 0. The number of likely N-dealkylation sites (tertiary alicyclic amines) is 1. The van der Waals surface area contributed by atoms with Crippen molar-refractivity contribution in [2.24, 2.45) is 5.92 Å². The number of hydrogen-bond donors (Lipinski definition) is 2. The molecular weight excluding hydrogens is 227 g/mol. The topological polar surface area (TPSA) is 69.6 Å². The Kier molecular flexibility index (Phi) is 2.95. The molecule has 1 aliphatic heterocycles. The second-order valence-electron chi connectivity index (χ2n) is 3.88. The molecule has 1 heterocycles. The van der Waals surface area contributed by atoms with E-state index in [1.165, 1.54) is 29.2 Å². The lowest BCUT2D eigenvalue weighted by molar-refractivity contribution is -0.145. The van der Waals surface area contributed by atoms with Crippen LogP contribution in [0.25, 0.3) is 0 Å². The molecule has 0 radical (unpaired) electrons. The van der Waals surface area contributed by atoms with E-state index in [9.17, 15) is 14.0 Å². The number of amides is 2. The van der Waals surface area contributed by atoms with Crippen molar-refractivity contribution < 1.29 is 19.1 Å². The zero-order valence-electron chi connectivity index (χ0n) is 8.89. The van der Waals surface area contributed by atoms with Crippen LogP contribution < -0.4 is 5.32 Å². The summed E-state index contributed by atoms with van der Waals surface area (Å²) < 4.78 is 12.6. The quantitative estimate of drug-likeness (QED) is 0.817. The van der Waals surface area contributed by atoms with Crippen LogP contribution in [0.5, 0.6) is 0 Å². The highest BCUT2D eigenvalue weighted by Crippen LogP contribution is 2.17. The number of carboxylic acid groups (broad SMARTS) is 1. The number of carbonyl (C=O) groups excluding carboxylic acids is 1. The van der Waals surface area contributed by atoms with Gasteiger partial charge in [-0.2, -0.15) is 0 Å². The number of halogens is 1. The molecule has 1 fully saturated rings. The molecule has 0 bridgehead atoms. The fourth-order valence-electron chi connectivity index (χ4n) is 1.54. The maximum absolute atomic E-state index is 12.6. The Morgan fingerprint density at radius 3 is 2.41 bits per heavy atom. The molecule has 0 unspecified atom stereocenters.